The van der Waals surface area contributed by atoms with Gasteiger partial charge in [-0.1, -0.05) is 105 Å². The molecule has 2 fully saturated rings. The van der Waals surface area contributed by atoms with Gasteiger partial charge in [-0.2, -0.15) is 0 Å². The molecule has 0 aliphatic carbocycles. The molecule has 7 heteroatoms. The predicted molar refractivity (Wildman–Crippen MR) is 158 cm³/mol. The Balaban J connectivity index is 1.36. The fraction of sp³-hybridized carbons (Fsp3) is 0.382. The van der Waals surface area contributed by atoms with E-state index in [1.807, 2.05) is 73.3 Å². The van der Waals surface area contributed by atoms with Crippen molar-refractivity contribution in [1.29, 1.82) is 0 Å². The fourth-order valence-electron chi connectivity index (χ4n) is 6.64. The summed E-state index contributed by atoms with van der Waals surface area (Å²) in [4.78, 5) is 44.4. The van der Waals surface area contributed by atoms with Gasteiger partial charge in [-0.25, -0.2) is 4.79 Å². The van der Waals surface area contributed by atoms with Crippen LogP contribution in [0.1, 0.15) is 43.4 Å². The van der Waals surface area contributed by atoms with Crippen LogP contribution in [-0.2, 0) is 19.9 Å². The molecule has 3 aromatic carbocycles. The molecule has 214 valence electrons. The average molecular weight is 554 g/mol. The van der Waals surface area contributed by atoms with Gasteiger partial charge in [-0.05, 0) is 35.4 Å². The highest BCUT2D eigenvalue weighted by Gasteiger charge is 2.57. The lowest BCUT2D eigenvalue weighted by Crippen LogP contribution is -2.51. The van der Waals surface area contributed by atoms with Crippen LogP contribution in [0.15, 0.2) is 91.0 Å². The predicted octanol–water partition coefficient (Wildman–Crippen LogP) is 4.47. The number of carbonyl (C=O) groups excluding carboxylic acids is 2. The largest absolute Gasteiger partial charge is 0.480 e. The number of likely N-dealkylation sites (N-methyl/N-ethyl adjacent to an activating group) is 1. The standard InChI is InChI=1S/C34H39N3O4/c1-24(2)30(33(40)41)35(3)31(38)25-19-21-36(22-20-25)32(39)29-23-37(29)34(26-13-7-4-8-14-26,27-15-9-5-10-16-27)28-17-11-6-12-18-28/h4-18,24-25,29-30H,19-23H2,1-3H3,(H,40,41)/t29-,30-,37?/m0/s1. The summed E-state index contributed by atoms with van der Waals surface area (Å²) < 4.78 is 0. The number of benzene rings is 3. The van der Waals surface area contributed by atoms with Crippen molar-refractivity contribution in [3.8, 4) is 0 Å². The van der Waals surface area contributed by atoms with Gasteiger partial charge in [0, 0.05) is 32.6 Å². The van der Waals surface area contributed by atoms with Crippen LogP contribution in [0.5, 0.6) is 0 Å². The fourth-order valence-corrected chi connectivity index (χ4v) is 6.64. The highest BCUT2D eigenvalue weighted by atomic mass is 16.4. The summed E-state index contributed by atoms with van der Waals surface area (Å²) >= 11 is 0. The van der Waals surface area contributed by atoms with E-state index in [1.165, 1.54) is 4.90 Å². The molecule has 0 aromatic heterocycles. The normalized spacial score (nSPS) is 20.0. The number of carboxylic acid groups (broad SMARTS) is 1. The highest BCUT2D eigenvalue weighted by molar-refractivity contribution is 5.87. The van der Waals surface area contributed by atoms with Crippen molar-refractivity contribution in [2.75, 3.05) is 26.7 Å². The van der Waals surface area contributed by atoms with Crippen LogP contribution in [-0.4, -0.2) is 76.4 Å². The Morgan fingerprint density at radius 2 is 1.24 bits per heavy atom. The van der Waals surface area contributed by atoms with Crippen LogP contribution in [0, 0.1) is 11.8 Å². The molecule has 0 saturated carbocycles. The molecule has 5 rings (SSSR count). The van der Waals surface area contributed by atoms with E-state index in [0.717, 1.165) is 16.7 Å². The lowest BCUT2D eigenvalue weighted by Gasteiger charge is -2.39. The Morgan fingerprint density at radius 3 is 1.63 bits per heavy atom. The number of hydrogen-bond acceptors (Lipinski definition) is 4. The number of piperidine rings is 1. The zero-order valence-corrected chi connectivity index (χ0v) is 24.0. The molecule has 2 saturated heterocycles. The van der Waals surface area contributed by atoms with Crippen LogP contribution in [0.4, 0.5) is 0 Å². The Morgan fingerprint density at radius 1 is 0.805 bits per heavy atom. The van der Waals surface area contributed by atoms with E-state index < -0.39 is 17.6 Å². The molecule has 0 spiro atoms. The minimum absolute atomic E-state index is 0.0852. The van der Waals surface area contributed by atoms with E-state index in [2.05, 4.69) is 41.3 Å². The first-order chi connectivity index (χ1) is 19.8. The van der Waals surface area contributed by atoms with Crippen LogP contribution in [0.25, 0.3) is 0 Å². The summed E-state index contributed by atoms with van der Waals surface area (Å²) in [5.41, 5.74) is 2.71. The molecular weight excluding hydrogens is 514 g/mol. The third kappa shape index (κ3) is 5.38. The number of likely N-dealkylation sites (tertiary alicyclic amines) is 1. The van der Waals surface area contributed by atoms with E-state index in [0.29, 0.717) is 32.5 Å². The number of aliphatic carboxylic acids is 1. The lowest BCUT2D eigenvalue weighted by atomic mass is 9.76. The smallest absolute Gasteiger partial charge is 0.326 e. The monoisotopic (exact) mass is 553 g/mol. The minimum Gasteiger partial charge on any atom is -0.480 e. The van der Waals surface area contributed by atoms with Gasteiger partial charge in [0.05, 0.1) is 5.54 Å². The molecule has 0 radical (unpaired) electrons. The van der Waals surface area contributed by atoms with Crippen molar-refractivity contribution >= 4 is 17.8 Å². The Hall–Kier alpha value is -3.97. The lowest BCUT2D eigenvalue weighted by molar-refractivity contribution is -0.153. The first kappa shape index (κ1) is 28.6. The van der Waals surface area contributed by atoms with Gasteiger partial charge in [0.25, 0.3) is 0 Å². The van der Waals surface area contributed by atoms with Gasteiger partial charge in [0.1, 0.15) is 12.1 Å². The average Bonchev–Trinajstić information content (AvgIpc) is 3.79. The number of carboxylic acids is 1. The molecule has 2 aliphatic rings. The second-order valence-corrected chi connectivity index (χ2v) is 11.6. The number of carbonyl (C=O) groups is 3. The summed E-state index contributed by atoms with van der Waals surface area (Å²) in [5, 5.41) is 9.63. The third-order valence-corrected chi connectivity index (χ3v) is 8.71. The minimum atomic E-state index is -0.990. The van der Waals surface area contributed by atoms with Gasteiger partial charge in [-0.15, -0.1) is 0 Å². The van der Waals surface area contributed by atoms with Gasteiger partial charge >= 0.3 is 5.97 Å². The topological polar surface area (TPSA) is 80.9 Å². The molecule has 7 nitrogen and oxygen atoms in total. The molecule has 41 heavy (non-hydrogen) atoms. The number of hydrogen-bond donors (Lipinski definition) is 1. The molecule has 3 aromatic rings. The van der Waals surface area contributed by atoms with E-state index >= 15 is 0 Å². The quantitative estimate of drug-likeness (QED) is 0.313. The van der Waals surface area contributed by atoms with Crippen LogP contribution >= 0.6 is 0 Å². The summed E-state index contributed by atoms with van der Waals surface area (Å²) in [7, 11) is 1.58. The first-order valence-electron chi connectivity index (χ1n) is 14.5. The van der Waals surface area contributed by atoms with Crippen molar-refractivity contribution in [2.45, 2.75) is 44.3 Å². The second kappa shape index (κ2) is 11.9. The van der Waals surface area contributed by atoms with Crippen LogP contribution < -0.4 is 0 Å². The van der Waals surface area contributed by atoms with Crippen molar-refractivity contribution in [2.24, 2.45) is 11.8 Å². The molecule has 2 heterocycles. The van der Waals surface area contributed by atoms with E-state index in [9.17, 15) is 19.5 Å². The Labute approximate surface area is 242 Å². The summed E-state index contributed by atoms with van der Waals surface area (Å²) in [6.45, 7) is 5.23. The summed E-state index contributed by atoms with van der Waals surface area (Å²) in [5.74, 6) is -1.53. The van der Waals surface area contributed by atoms with Crippen LogP contribution in [0.3, 0.4) is 0 Å². The second-order valence-electron chi connectivity index (χ2n) is 11.6. The number of nitrogens with zero attached hydrogens (tertiary/aromatic N) is 3. The van der Waals surface area contributed by atoms with Crippen molar-refractivity contribution < 1.29 is 19.5 Å². The van der Waals surface area contributed by atoms with E-state index in [-0.39, 0.29) is 29.7 Å². The van der Waals surface area contributed by atoms with Crippen molar-refractivity contribution in [1.82, 2.24) is 14.7 Å². The van der Waals surface area contributed by atoms with Gasteiger partial charge in [0.2, 0.25) is 11.8 Å². The highest BCUT2D eigenvalue weighted by Crippen LogP contribution is 2.48. The van der Waals surface area contributed by atoms with Crippen LogP contribution in [0.2, 0.25) is 0 Å². The van der Waals surface area contributed by atoms with Gasteiger partial charge in [-0.3, -0.25) is 14.5 Å². The maximum Gasteiger partial charge on any atom is 0.326 e. The first-order valence-corrected chi connectivity index (χ1v) is 14.5. The van der Waals surface area contributed by atoms with Crippen molar-refractivity contribution in [3.63, 3.8) is 0 Å². The SMILES string of the molecule is CC(C)[C@@H](C(=O)O)N(C)C(=O)C1CCN(C(=O)[C@@H]2CN2C(c2ccccc2)(c2ccccc2)c2ccccc2)CC1. The zero-order valence-electron chi connectivity index (χ0n) is 24.0. The third-order valence-electron chi connectivity index (χ3n) is 8.71. The molecule has 1 N–H and O–H groups in total. The van der Waals surface area contributed by atoms with Crippen molar-refractivity contribution in [3.05, 3.63) is 108 Å². The number of rotatable bonds is 9. The molecule has 3 atom stereocenters. The molecule has 1 unspecified atom stereocenters. The molecule has 2 amide bonds. The molecule has 2 aliphatic heterocycles. The van der Waals surface area contributed by atoms with Gasteiger partial charge < -0.3 is 14.9 Å². The van der Waals surface area contributed by atoms with Gasteiger partial charge in [0.15, 0.2) is 0 Å². The van der Waals surface area contributed by atoms with E-state index in [4.69, 9.17) is 0 Å². The summed E-state index contributed by atoms with van der Waals surface area (Å²) in [6, 6.07) is 30.0. The van der Waals surface area contributed by atoms with E-state index in [1.54, 1.807) is 7.05 Å². The Kier molecular flexibility index (Phi) is 8.27. The maximum atomic E-state index is 13.9. The summed E-state index contributed by atoms with van der Waals surface area (Å²) in [6.07, 6.45) is 1.07. The number of amides is 2. The Bertz CT molecular complexity index is 1260. The maximum absolute atomic E-state index is 13.9. The zero-order chi connectivity index (χ0) is 29.1. The molecule has 0 bridgehead atoms. The molecular formula is C34H39N3O4.